The van der Waals surface area contributed by atoms with Gasteiger partial charge in [0.1, 0.15) is 0 Å². The van der Waals surface area contributed by atoms with Gasteiger partial charge in [0.2, 0.25) is 5.91 Å². The summed E-state index contributed by atoms with van der Waals surface area (Å²) in [6.45, 7) is 4.11. The smallest absolute Gasteiger partial charge is 0.238 e. The zero-order valence-electron chi connectivity index (χ0n) is 13.1. The molecule has 7 heteroatoms. The van der Waals surface area contributed by atoms with Gasteiger partial charge in [-0.15, -0.1) is 0 Å². The molecule has 1 unspecified atom stereocenters. The van der Waals surface area contributed by atoms with E-state index in [1.165, 1.54) is 0 Å². The minimum Gasteiger partial charge on any atom is -0.322 e. The number of hydrogen-bond acceptors (Lipinski definition) is 4. The highest BCUT2D eigenvalue weighted by molar-refractivity contribution is 5.92. The van der Waals surface area contributed by atoms with Gasteiger partial charge in [-0.05, 0) is 32.4 Å². The molecule has 0 saturated carbocycles. The number of amides is 1. The number of anilines is 1. The first-order valence-electron chi connectivity index (χ1n) is 7.63. The van der Waals surface area contributed by atoms with Crippen LogP contribution in [0.2, 0.25) is 0 Å². The second-order valence-corrected chi connectivity index (χ2v) is 5.84. The number of nitrogens with zero attached hydrogens (tertiary/aromatic N) is 5. The molecular weight excluding hydrogens is 280 g/mol. The summed E-state index contributed by atoms with van der Waals surface area (Å²) >= 11 is 0. The predicted octanol–water partition coefficient (Wildman–Crippen LogP) is 1.03. The van der Waals surface area contributed by atoms with Crippen LogP contribution >= 0.6 is 0 Å². The van der Waals surface area contributed by atoms with Crippen LogP contribution in [-0.4, -0.2) is 49.5 Å². The van der Waals surface area contributed by atoms with Crippen molar-refractivity contribution in [2.24, 2.45) is 7.05 Å². The normalized spacial score (nSPS) is 18.7. The molecule has 3 rings (SSSR count). The van der Waals surface area contributed by atoms with Gasteiger partial charge in [-0.1, -0.05) is 0 Å². The second-order valence-electron chi connectivity index (χ2n) is 5.84. The van der Waals surface area contributed by atoms with Crippen molar-refractivity contribution in [1.29, 1.82) is 0 Å². The molecule has 2 aromatic rings. The first kappa shape index (κ1) is 14.8. The lowest BCUT2D eigenvalue weighted by atomic mass is 10.2. The third-order valence-corrected chi connectivity index (χ3v) is 4.09. The number of hydrogen-bond donors (Lipinski definition) is 1. The van der Waals surface area contributed by atoms with Crippen molar-refractivity contribution >= 4 is 11.6 Å². The molecule has 0 spiro atoms. The highest BCUT2D eigenvalue weighted by atomic mass is 16.2. The number of aryl methyl sites for hydroxylation is 2. The van der Waals surface area contributed by atoms with Crippen LogP contribution < -0.4 is 5.32 Å². The van der Waals surface area contributed by atoms with Gasteiger partial charge >= 0.3 is 0 Å². The van der Waals surface area contributed by atoms with Crippen LogP contribution in [0.1, 0.15) is 18.5 Å². The molecule has 1 amide bonds. The highest BCUT2D eigenvalue weighted by Crippen LogP contribution is 2.19. The van der Waals surface area contributed by atoms with E-state index in [1.54, 1.807) is 10.9 Å². The number of carbonyl (C=O) groups excluding carboxylic acids is 1. The molecule has 1 atom stereocenters. The Balaban J connectivity index is 1.57. The maximum absolute atomic E-state index is 12.3. The summed E-state index contributed by atoms with van der Waals surface area (Å²) < 4.78 is 3.65. The molecule has 1 fully saturated rings. The van der Waals surface area contributed by atoms with E-state index in [-0.39, 0.29) is 5.91 Å². The Kier molecular flexibility index (Phi) is 4.24. The minimum atomic E-state index is 0.0171. The van der Waals surface area contributed by atoms with E-state index in [2.05, 4.69) is 20.4 Å². The van der Waals surface area contributed by atoms with E-state index in [0.717, 1.165) is 37.3 Å². The Morgan fingerprint density at radius 2 is 2.36 bits per heavy atom. The summed E-state index contributed by atoms with van der Waals surface area (Å²) in [4.78, 5) is 14.5. The minimum absolute atomic E-state index is 0.0171. The molecule has 1 N–H and O–H groups in total. The molecule has 0 aliphatic carbocycles. The van der Waals surface area contributed by atoms with Crippen molar-refractivity contribution in [3.63, 3.8) is 0 Å². The summed E-state index contributed by atoms with van der Waals surface area (Å²) in [5.74, 6) is 0.0171. The van der Waals surface area contributed by atoms with Gasteiger partial charge in [-0.25, -0.2) is 0 Å². The SMILES string of the molecule is Cc1nn(C)cc1NC(=O)CN1CCCC1Cn1cccn1. The summed E-state index contributed by atoms with van der Waals surface area (Å²) in [5, 5.41) is 11.4. The lowest BCUT2D eigenvalue weighted by Crippen LogP contribution is -2.39. The number of rotatable bonds is 5. The molecule has 7 nitrogen and oxygen atoms in total. The van der Waals surface area contributed by atoms with Gasteiger partial charge in [-0.3, -0.25) is 19.1 Å². The van der Waals surface area contributed by atoms with E-state index in [1.807, 2.05) is 37.1 Å². The van der Waals surface area contributed by atoms with E-state index in [9.17, 15) is 4.79 Å². The maximum Gasteiger partial charge on any atom is 0.238 e. The Morgan fingerprint density at radius 1 is 1.50 bits per heavy atom. The maximum atomic E-state index is 12.3. The van der Waals surface area contributed by atoms with Crippen LogP contribution in [0.5, 0.6) is 0 Å². The van der Waals surface area contributed by atoms with Crippen molar-refractivity contribution in [2.75, 3.05) is 18.4 Å². The Hall–Kier alpha value is -2.15. The van der Waals surface area contributed by atoms with Crippen molar-refractivity contribution < 1.29 is 4.79 Å². The van der Waals surface area contributed by atoms with Gasteiger partial charge in [0.05, 0.1) is 24.5 Å². The molecule has 118 valence electrons. The molecule has 0 bridgehead atoms. The van der Waals surface area contributed by atoms with Crippen molar-refractivity contribution in [2.45, 2.75) is 32.4 Å². The zero-order valence-corrected chi connectivity index (χ0v) is 13.1. The molecule has 2 aromatic heterocycles. The Labute approximate surface area is 129 Å². The highest BCUT2D eigenvalue weighted by Gasteiger charge is 2.26. The van der Waals surface area contributed by atoms with Crippen LogP contribution in [0.15, 0.2) is 24.7 Å². The summed E-state index contributed by atoms with van der Waals surface area (Å²) in [5.41, 5.74) is 1.63. The van der Waals surface area contributed by atoms with Crippen LogP contribution in [0.4, 0.5) is 5.69 Å². The molecule has 3 heterocycles. The molecule has 22 heavy (non-hydrogen) atoms. The van der Waals surface area contributed by atoms with Gasteiger partial charge in [-0.2, -0.15) is 10.2 Å². The molecular formula is C15H22N6O. The number of carbonyl (C=O) groups is 1. The average molecular weight is 302 g/mol. The number of nitrogens with one attached hydrogen (secondary N) is 1. The monoisotopic (exact) mass is 302 g/mol. The second kappa shape index (κ2) is 6.31. The fourth-order valence-corrected chi connectivity index (χ4v) is 3.03. The Morgan fingerprint density at radius 3 is 3.05 bits per heavy atom. The molecule has 1 aliphatic heterocycles. The summed E-state index contributed by atoms with van der Waals surface area (Å²) in [7, 11) is 1.85. The van der Waals surface area contributed by atoms with Crippen molar-refractivity contribution in [3.05, 3.63) is 30.4 Å². The first-order valence-corrected chi connectivity index (χ1v) is 7.63. The summed E-state index contributed by atoms with van der Waals surface area (Å²) in [6.07, 6.45) is 7.83. The van der Waals surface area contributed by atoms with Crippen molar-refractivity contribution in [1.82, 2.24) is 24.5 Å². The first-order chi connectivity index (χ1) is 10.6. The van der Waals surface area contributed by atoms with Gasteiger partial charge in [0, 0.05) is 31.7 Å². The number of aromatic nitrogens is 4. The third-order valence-electron chi connectivity index (χ3n) is 4.09. The van der Waals surface area contributed by atoms with Crippen LogP contribution in [0.25, 0.3) is 0 Å². The van der Waals surface area contributed by atoms with Crippen LogP contribution in [0, 0.1) is 6.92 Å². The van der Waals surface area contributed by atoms with Gasteiger partial charge in [0.25, 0.3) is 0 Å². The van der Waals surface area contributed by atoms with E-state index in [0.29, 0.717) is 12.6 Å². The van der Waals surface area contributed by atoms with E-state index < -0.39 is 0 Å². The largest absolute Gasteiger partial charge is 0.322 e. The van der Waals surface area contributed by atoms with Crippen molar-refractivity contribution in [3.8, 4) is 0 Å². The quantitative estimate of drug-likeness (QED) is 0.895. The lowest BCUT2D eigenvalue weighted by molar-refractivity contribution is -0.117. The third kappa shape index (κ3) is 3.36. The lowest BCUT2D eigenvalue weighted by Gasteiger charge is -2.23. The number of likely N-dealkylation sites (tertiary alicyclic amines) is 1. The standard InChI is InChI=1S/C15H22N6O/c1-12-14(10-19(2)18-12)17-15(22)11-20-7-3-5-13(20)9-21-8-4-6-16-21/h4,6,8,10,13H,3,5,7,9,11H2,1-2H3,(H,17,22). The molecule has 0 radical (unpaired) electrons. The topological polar surface area (TPSA) is 68.0 Å². The predicted molar refractivity (Wildman–Crippen MR) is 83.4 cm³/mol. The van der Waals surface area contributed by atoms with Gasteiger partial charge < -0.3 is 5.32 Å². The van der Waals surface area contributed by atoms with Crippen LogP contribution in [0.3, 0.4) is 0 Å². The molecule has 1 saturated heterocycles. The Bertz CT molecular complexity index is 633. The molecule has 1 aliphatic rings. The van der Waals surface area contributed by atoms with Crippen LogP contribution in [-0.2, 0) is 18.4 Å². The van der Waals surface area contributed by atoms with Gasteiger partial charge in [0.15, 0.2) is 0 Å². The zero-order chi connectivity index (χ0) is 15.5. The molecule has 0 aromatic carbocycles. The average Bonchev–Trinajstić information content (AvgIpc) is 3.16. The fourth-order valence-electron chi connectivity index (χ4n) is 3.03. The fraction of sp³-hybridized carbons (Fsp3) is 0.533. The van der Waals surface area contributed by atoms with E-state index >= 15 is 0 Å². The summed E-state index contributed by atoms with van der Waals surface area (Å²) in [6, 6.07) is 2.30. The van der Waals surface area contributed by atoms with E-state index in [4.69, 9.17) is 0 Å².